The van der Waals surface area contributed by atoms with E-state index in [4.69, 9.17) is 9.84 Å². The number of carboxylic acid groups (broad SMARTS) is 1. The summed E-state index contributed by atoms with van der Waals surface area (Å²) in [6, 6.07) is 0. The number of rotatable bonds is 5. The van der Waals surface area contributed by atoms with Crippen molar-refractivity contribution in [1.82, 2.24) is 0 Å². The van der Waals surface area contributed by atoms with Gasteiger partial charge in [-0.15, -0.1) is 0 Å². The Labute approximate surface area is 179 Å². The molecule has 0 aromatic heterocycles. The molecule has 166 valence electrons. The second kappa shape index (κ2) is 7.80. The number of Topliss-reactive ketones (excluding diaryl/α,β-unsaturated/α-hetero) is 1. The highest BCUT2D eigenvalue weighted by Gasteiger charge is 2.60. The number of hydrogen-bond acceptors (Lipinski definition) is 4. The molecule has 4 aliphatic carbocycles. The van der Waals surface area contributed by atoms with Crippen LogP contribution in [0.3, 0.4) is 0 Å². The normalized spacial score (nSPS) is 44.5. The van der Waals surface area contributed by atoms with E-state index in [1.807, 2.05) is 0 Å². The predicted octanol–water partition coefficient (Wildman–Crippen LogP) is 4.79. The maximum atomic E-state index is 12.3. The lowest BCUT2D eigenvalue weighted by Gasteiger charge is -2.59. The monoisotopic (exact) mass is 416 g/mol. The van der Waals surface area contributed by atoms with Crippen molar-refractivity contribution in [1.29, 1.82) is 0 Å². The third-order valence-electron chi connectivity index (χ3n) is 9.47. The van der Waals surface area contributed by atoms with E-state index in [2.05, 4.69) is 26.0 Å². The Balaban J connectivity index is 1.47. The molecular formula is C25H36O5. The number of ketones is 1. The van der Waals surface area contributed by atoms with E-state index in [1.54, 1.807) is 6.92 Å². The van der Waals surface area contributed by atoms with Crippen molar-refractivity contribution >= 4 is 17.7 Å². The van der Waals surface area contributed by atoms with Crippen LogP contribution < -0.4 is 0 Å². The van der Waals surface area contributed by atoms with Crippen LogP contribution in [0, 0.1) is 40.4 Å². The summed E-state index contributed by atoms with van der Waals surface area (Å²) in [5.74, 6) is 1.71. The molecule has 5 nitrogen and oxygen atoms in total. The molecule has 3 fully saturated rings. The molecule has 0 saturated heterocycles. The molecule has 0 aromatic rings. The topological polar surface area (TPSA) is 80.7 Å². The molecule has 0 amide bonds. The molecule has 4 aliphatic rings. The van der Waals surface area contributed by atoms with Gasteiger partial charge in [-0.05, 0) is 92.4 Å². The smallest absolute Gasteiger partial charge is 0.306 e. The molecule has 0 aliphatic heterocycles. The zero-order chi connectivity index (χ0) is 21.7. The van der Waals surface area contributed by atoms with Crippen molar-refractivity contribution in [2.75, 3.05) is 0 Å². The highest BCUT2D eigenvalue weighted by atomic mass is 16.5. The van der Waals surface area contributed by atoms with Crippen LogP contribution in [0.4, 0.5) is 0 Å². The molecule has 30 heavy (non-hydrogen) atoms. The van der Waals surface area contributed by atoms with Gasteiger partial charge in [0.2, 0.25) is 0 Å². The summed E-state index contributed by atoms with van der Waals surface area (Å²) in [7, 11) is 0. The van der Waals surface area contributed by atoms with Crippen molar-refractivity contribution < 1.29 is 24.2 Å². The quantitative estimate of drug-likeness (QED) is 0.515. The minimum absolute atomic E-state index is 0.0656. The number of esters is 1. The van der Waals surface area contributed by atoms with E-state index < -0.39 is 11.9 Å². The minimum atomic E-state index is -0.972. The molecule has 4 rings (SSSR count). The molecule has 1 N–H and O–H groups in total. The van der Waals surface area contributed by atoms with Gasteiger partial charge in [-0.1, -0.05) is 19.9 Å². The second-order valence-electron chi connectivity index (χ2n) is 10.8. The fourth-order valence-corrected chi connectivity index (χ4v) is 7.97. The molecule has 8 atom stereocenters. The van der Waals surface area contributed by atoms with Crippen LogP contribution in [0.2, 0.25) is 0 Å². The van der Waals surface area contributed by atoms with Gasteiger partial charge in [-0.3, -0.25) is 14.4 Å². The van der Waals surface area contributed by atoms with Crippen LogP contribution in [0.1, 0.15) is 78.6 Å². The zero-order valence-corrected chi connectivity index (χ0v) is 18.6. The van der Waals surface area contributed by atoms with E-state index in [9.17, 15) is 14.4 Å². The SMILES string of the molecule is CC(=O)[C@H]1CC[C@H]2[C@@H]3CC[C@H]4C[C@@H](OC(=O)CCC(=O)O)C=C[C@]4(C)[C@H]3CC[C@]12C. The molecule has 5 heteroatoms. The lowest BCUT2D eigenvalue weighted by atomic mass is 9.46. The number of carboxylic acids is 1. The molecule has 0 aromatic carbocycles. The fraction of sp³-hybridized carbons (Fsp3) is 0.800. The van der Waals surface area contributed by atoms with Crippen LogP contribution in [0.5, 0.6) is 0 Å². The van der Waals surface area contributed by atoms with Crippen molar-refractivity contribution in [3.63, 3.8) is 0 Å². The van der Waals surface area contributed by atoms with E-state index in [1.165, 1.54) is 19.3 Å². The van der Waals surface area contributed by atoms with Crippen molar-refractivity contribution in [2.24, 2.45) is 40.4 Å². The second-order valence-corrected chi connectivity index (χ2v) is 10.8. The summed E-state index contributed by atoms with van der Waals surface area (Å²) in [5.41, 5.74) is 0.305. The Hall–Kier alpha value is -1.65. The van der Waals surface area contributed by atoms with Crippen LogP contribution in [-0.2, 0) is 19.1 Å². The number of aliphatic carboxylic acids is 1. The number of hydrogen-bond donors (Lipinski definition) is 1. The van der Waals surface area contributed by atoms with Gasteiger partial charge in [0.25, 0.3) is 0 Å². The van der Waals surface area contributed by atoms with Crippen molar-refractivity contribution in [3.05, 3.63) is 12.2 Å². The number of ether oxygens (including phenoxy) is 1. The summed E-state index contributed by atoms with van der Waals surface area (Å²) < 4.78 is 5.57. The average Bonchev–Trinajstić information content (AvgIpc) is 3.04. The molecule has 0 spiro atoms. The van der Waals surface area contributed by atoms with E-state index in [0.717, 1.165) is 25.7 Å². The van der Waals surface area contributed by atoms with Crippen molar-refractivity contribution in [3.8, 4) is 0 Å². The Kier molecular flexibility index (Phi) is 5.61. The highest BCUT2D eigenvalue weighted by Crippen LogP contribution is 2.66. The van der Waals surface area contributed by atoms with Gasteiger partial charge in [-0.25, -0.2) is 0 Å². The molecule has 0 heterocycles. The summed E-state index contributed by atoms with van der Waals surface area (Å²) in [5, 5.41) is 8.76. The highest BCUT2D eigenvalue weighted by molar-refractivity contribution is 5.79. The zero-order valence-electron chi connectivity index (χ0n) is 18.6. The van der Waals surface area contributed by atoms with Gasteiger partial charge in [0, 0.05) is 5.92 Å². The third kappa shape index (κ3) is 3.52. The molecular weight excluding hydrogens is 380 g/mol. The van der Waals surface area contributed by atoms with E-state index >= 15 is 0 Å². The Morgan fingerprint density at radius 1 is 1.03 bits per heavy atom. The molecule has 0 bridgehead atoms. The first-order chi connectivity index (χ1) is 14.1. The number of fused-ring (bicyclic) bond motifs is 5. The third-order valence-corrected chi connectivity index (χ3v) is 9.47. The lowest BCUT2D eigenvalue weighted by Crippen LogP contribution is -2.53. The maximum absolute atomic E-state index is 12.3. The first-order valence-corrected chi connectivity index (χ1v) is 11.8. The number of allylic oxidation sites excluding steroid dienone is 1. The molecule has 3 saturated carbocycles. The molecule has 0 unspecified atom stereocenters. The summed E-state index contributed by atoms with van der Waals surface area (Å²) in [6.07, 6.45) is 11.7. The van der Waals surface area contributed by atoms with E-state index in [-0.39, 0.29) is 35.7 Å². The maximum Gasteiger partial charge on any atom is 0.306 e. The van der Waals surface area contributed by atoms with Gasteiger partial charge in [0.05, 0.1) is 12.8 Å². The lowest BCUT2D eigenvalue weighted by molar-refractivity contribution is -0.153. The van der Waals surface area contributed by atoms with Crippen LogP contribution >= 0.6 is 0 Å². The Morgan fingerprint density at radius 3 is 2.50 bits per heavy atom. The van der Waals surface area contributed by atoms with Gasteiger partial charge in [0.15, 0.2) is 0 Å². The first-order valence-electron chi connectivity index (χ1n) is 11.8. The predicted molar refractivity (Wildman–Crippen MR) is 113 cm³/mol. The van der Waals surface area contributed by atoms with Gasteiger partial charge in [0.1, 0.15) is 11.9 Å². The molecule has 0 radical (unpaired) electrons. The van der Waals surface area contributed by atoms with Gasteiger partial charge in [-0.2, -0.15) is 0 Å². The average molecular weight is 417 g/mol. The summed E-state index contributed by atoms with van der Waals surface area (Å²) >= 11 is 0. The van der Waals surface area contributed by atoms with Crippen LogP contribution in [0.15, 0.2) is 12.2 Å². The fourth-order valence-electron chi connectivity index (χ4n) is 7.97. The number of carbonyl (C=O) groups excluding carboxylic acids is 2. The Bertz CT molecular complexity index is 757. The minimum Gasteiger partial charge on any atom is -0.481 e. The van der Waals surface area contributed by atoms with Crippen molar-refractivity contribution in [2.45, 2.75) is 84.7 Å². The summed E-state index contributed by atoms with van der Waals surface area (Å²) in [4.78, 5) is 34.9. The largest absolute Gasteiger partial charge is 0.481 e. The number of carbonyl (C=O) groups is 3. The summed E-state index contributed by atoms with van der Waals surface area (Å²) in [6.45, 7) is 6.56. The van der Waals surface area contributed by atoms with Gasteiger partial charge < -0.3 is 9.84 Å². The standard InChI is InChI=1S/C25H36O5/c1-15(26)19-6-7-20-18-5-4-16-14-17(30-23(29)9-8-22(27)28)10-12-24(16,2)21(18)11-13-25(19,20)3/h10,12,16-21H,4-9,11,13-14H2,1-3H3,(H,27,28)/t16-,17-,18-,19+,20-,21-,24-,25+/m0/s1. The van der Waals surface area contributed by atoms with Crippen LogP contribution in [0.25, 0.3) is 0 Å². The Morgan fingerprint density at radius 2 is 1.80 bits per heavy atom. The van der Waals surface area contributed by atoms with E-state index in [0.29, 0.717) is 29.5 Å². The van der Waals surface area contributed by atoms with Gasteiger partial charge >= 0.3 is 11.9 Å². The van der Waals surface area contributed by atoms with Crippen LogP contribution in [-0.4, -0.2) is 28.9 Å². The first kappa shape index (κ1) is 21.6.